The third-order valence-corrected chi connectivity index (χ3v) is 1.91. The third-order valence-electron chi connectivity index (χ3n) is 1.73. The van der Waals surface area contributed by atoms with Gasteiger partial charge in [0.25, 0.3) is 0 Å². The Balaban J connectivity index is 2.31. The lowest BCUT2D eigenvalue weighted by Crippen LogP contribution is -2.20. The topological polar surface area (TPSA) is 90.1 Å². The maximum Gasteiger partial charge on any atom is 0.243 e. The van der Waals surface area contributed by atoms with Gasteiger partial charge in [0.1, 0.15) is 12.4 Å². The minimum atomic E-state index is -0.485. The summed E-state index contributed by atoms with van der Waals surface area (Å²) in [5.74, 6) is 0.170. The van der Waals surface area contributed by atoms with Gasteiger partial charge in [0.15, 0.2) is 0 Å². The summed E-state index contributed by atoms with van der Waals surface area (Å²) < 4.78 is 4.97. The van der Waals surface area contributed by atoms with Crippen molar-refractivity contribution < 1.29 is 9.53 Å². The van der Waals surface area contributed by atoms with Gasteiger partial charge in [-0.2, -0.15) is 0 Å². The molecule has 0 fully saturated rings. The lowest BCUT2D eigenvalue weighted by molar-refractivity contribution is -0.122. The lowest BCUT2D eigenvalue weighted by atomic mass is 10.3. The van der Waals surface area contributed by atoms with Gasteiger partial charge >= 0.3 is 0 Å². The molecule has 1 aromatic heterocycles. The van der Waals surface area contributed by atoms with Crippen LogP contribution in [0.15, 0.2) is 6.20 Å². The molecule has 0 saturated heterocycles. The molecule has 0 aromatic carbocycles. The van der Waals surface area contributed by atoms with E-state index < -0.39 is 5.91 Å². The second kappa shape index (κ2) is 6.24. The van der Waals surface area contributed by atoms with Gasteiger partial charge in [0.05, 0.1) is 6.61 Å². The van der Waals surface area contributed by atoms with Gasteiger partial charge < -0.3 is 15.8 Å². The number of rotatable bonds is 6. The zero-order chi connectivity index (χ0) is 12.0. The maximum absolute atomic E-state index is 10.4. The molecule has 1 amide bonds. The third kappa shape index (κ3) is 4.41. The Kier molecular flexibility index (Phi) is 4.94. The van der Waals surface area contributed by atoms with Crippen molar-refractivity contribution in [3.05, 3.63) is 17.0 Å². The molecule has 0 aliphatic heterocycles. The first-order valence-corrected chi connectivity index (χ1v) is 5.06. The van der Waals surface area contributed by atoms with Crippen LogP contribution < -0.4 is 11.1 Å². The largest absolute Gasteiger partial charge is 0.370 e. The number of primary amides is 1. The number of anilines is 1. The summed E-state index contributed by atoms with van der Waals surface area (Å²) in [7, 11) is 0. The van der Waals surface area contributed by atoms with Crippen molar-refractivity contribution in [2.75, 3.05) is 25.1 Å². The van der Waals surface area contributed by atoms with Crippen LogP contribution in [0.1, 0.15) is 5.56 Å². The van der Waals surface area contributed by atoms with E-state index in [1.165, 1.54) is 0 Å². The number of amides is 1. The monoisotopic (exact) mass is 244 g/mol. The minimum Gasteiger partial charge on any atom is -0.370 e. The molecular weight excluding hydrogens is 232 g/mol. The molecular formula is C9H13ClN4O2. The van der Waals surface area contributed by atoms with Crippen LogP contribution in [-0.2, 0) is 9.53 Å². The SMILES string of the molecule is Cc1cnc(Cl)nc1NCCOCC(N)=O. The van der Waals surface area contributed by atoms with Crippen LogP contribution in [0.25, 0.3) is 0 Å². The second-order valence-electron chi connectivity index (χ2n) is 3.12. The number of hydrogen-bond donors (Lipinski definition) is 2. The fourth-order valence-electron chi connectivity index (χ4n) is 1.01. The molecule has 0 bridgehead atoms. The van der Waals surface area contributed by atoms with Gasteiger partial charge in [-0.15, -0.1) is 0 Å². The minimum absolute atomic E-state index is 0.0782. The highest BCUT2D eigenvalue weighted by Crippen LogP contribution is 2.11. The average Bonchev–Trinajstić information content (AvgIpc) is 2.22. The summed E-state index contributed by atoms with van der Waals surface area (Å²) in [5.41, 5.74) is 5.80. The van der Waals surface area contributed by atoms with Crippen molar-refractivity contribution in [1.29, 1.82) is 0 Å². The zero-order valence-corrected chi connectivity index (χ0v) is 9.62. The molecule has 0 radical (unpaired) electrons. The van der Waals surface area contributed by atoms with Gasteiger partial charge in [-0.3, -0.25) is 4.79 Å². The number of nitrogens with zero attached hydrogens (tertiary/aromatic N) is 2. The highest BCUT2D eigenvalue weighted by molar-refractivity contribution is 6.28. The Hall–Kier alpha value is -1.40. The molecule has 0 spiro atoms. The van der Waals surface area contributed by atoms with E-state index in [9.17, 15) is 4.79 Å². The van der Waals surface area contributed by atoms with Crippen molar-refractivity contribution in [2.45, 2.75) is 6.92 Å². The Morgan fingerprint density at radius 1 is 1.69 bits per heavy atom. The van der Waals surface area contributed by atoms with Gasteiger partial charge in [-0.1, -0.05) is 0 Å². The van der Waals surface area contributed by atoms with Crippen molar-refractivity contribution in [1.82, 2.24) is 9.97 Å². The lowest BCUT2D eigenvalue weighted by Gasteiger charge is -2.07. The fourth-order valence-corrected chi connectivity index (χ4v) is 1.15. The first-order chi connectivity index (χ1) is 7.59. The molecule has 6 nitrogen and oxygen atoms in total. The highest BCUT2D eigenvalue weighted by Gasteiger charge is 2.01. The molecule has 3 N–H and O–H groups in total. The molecule has 7 heteroatoms. The summed E-state index contributed by atoms with van der Waals surface area (Å²) >= 11 is 5.64. The number of carbonyl (C=O) groups is 1. The normalized spacial score (nSPS) is 10.1. The quantitative estimate of drug-likeness (QED) is 0.557. The summed E-state index contributed by atoms with van der Waals surface area (Å²) in [6.45, 7) is 2.67. The van der Waals surface area contributed by atoms with E-state index in [0.29, 0.717) is 19.0 Å². The number of nitrogens with one attached hydrogen (secondary N) is 1. The second-order valence-corrected chi connectivity index (χ2v) is 3.45. The van der Waals surface area contributed by atoms with Crippen LogP contribution in [0.4, 0.5) is 5.82 Å². The zero-order valence-electron chi connectivity index (χ0n) is 8.86. The molecule has 1 heterocycles. The summed E-state index contributed by atoms with van der Waals surface area (Å²) in [6, 6.07) is 0. The molecule has 1 rings (SSSR count). The predicted molar refractivity (Wildman–Crippen MR) is 60.3 cm³/mol. The van der Waals surface area contributed by atoms with E-state index in [2.05, 4.69) is 15.3 Å². The van der Waals surface area contributed by atoms with Gasteiger partial charge in [-0.05, 0) is 18.5 Å². The summed E-state index contributed by atoms with van der Waals surface area (Å²) in [5, 5.41) is 3.20. The average molecular weight is 245 g/mol. The van der Waals surface area contributed by atoms with E-state index in [4.69, 9.17) is 22.1 Å². The van der Waals surface area contributed by atoms with E-state index in [-0.39, 0.29) is 11.9 Å². The van der Waals surface area contributed by atoms with Crippen LogP contribution in [0.5, 0.6) is 0 Å². The number of aryl methyl sites for hydroxylation is 1. The Morgan fingerprint density at radius 3 is 3.12 bits per heavy atom. The first kappa shape index (κ1) is 12.7. The van der Waals surface area contributed by atoms with Gasteiger partial charge in [-0.25, -0.2) is 9.97 Å². The van der Waals surface area contributed by atoms with Crippen LogP contribution in [0, 0.1) is 6.92 Å². The van der Waals surface area contributed by atoms with E-state index in [1.807, 2.05) is 6.92 Å². The van der Waals surface area contributed by atoms with Gasteiger partial charge in [0, 0.05) is 18.3 Å². The number of hydrogen-bond acceptors (Lipinski definition) is 5. The molecule has 0 aliphatic carbocycles. The molecule has 0 unspecified atom stereocenters. The van der Waals surface area contributed by atoms with Crippen molar-refractivity contribution in [3.63, 3.8) is 0 Å². The summed E-state index contributed by atoms with van der Waals surface area (Å²) in [6.07, 6.45) is 1.63. The summed E-state index contributed by atoms with van der Waals surface area (Å²) in [4.78, 5) is 18.2. The molecule has 0 saturated carbocycles. The Bertz CT molecular complexity index is 373. The number of carbonyl (C=O) groups excluding carboxylic acids is 1. The van der Waals surface area contributed by atoms with Crippen LogP contribution >= 0.6 is 11.6 Å². The standard InChI is InChI=1S/C9H13ClN4O2/c1-6-4-13-9(10)14-8(6)12-2-3-16-5-7(11)15/h4H,2-3,5H2,1H3,(H2,11,15)(H,12,13,14). The Morgan fingerprint density at radius 2 is 2.44 bits per heavy atom. The smallest absolute Gasteiger partial charge is 0.243 e. The van der Waals surface area contributed by atoms with Crippen LogP contribution in [-0.4, -0.2) is 35.6 Å². The number of nitrogens with two attached hydrogens (primary N) is 1. The number of aromatic nitrogens is 2. The van der Waals surface area contributed by atoms with Gasteiger partial charge in [0.2, 0.25) is 11.2 Å². The fraction of sp³-hybridized carbons (Fsp3) is 0.444. The molecule has 88 valence electrons. The Labute approximate surface area is 98.2 Å². The van der Waals surface area contributed by atoms with E-state index >= 15 is 0 Å². The highest BCUT2D eigenvalue weighted by atomic mass is 35.5. The van der Waals surface area contributed by atoms with Crippen LogP contribution in [0.3, 0.4) is 0 Å². The van der Waals surface area contributed by atoms with E-state index in [1.54, 1.807) is 6.20 Å². The molecule has 16 heavy (non-hydrogen) atoms. The first-order valence-electron chi connectivity index (χ1n) is 4.68. The van der Waals surface area contributed by atoms with E-state index in [0.717, 1.165) is 5.56 Å². The maximum atomic E-state index is 10.4. The molecule has 0 aliphatic rings. The molecule has 0 atom stereocenters. The van der Waals surface area contributed by atoms with Crippen molar-refractivity contribution >= 4 is 23.3 Å². The van der Waals surface area contributed by atoms with Crippen LogP contribution in [0.2, 0.25) is 5.28 Å². The van der Waals surface area contributed by atoms with Crippen molar-refractivity contribution in [2.24, 2.45) is 5.73 Å². The number of halogens is 1. The predicted octanol–water partition coefficient (Wildman–Crippen LogP) is 0.352. The van der Waals surface area contributed by atoms with Crippen molar-refractivity contribution in [3.8, 4) is 0 Å². The molecule has 1 aromatic rings. The number of ether oxygens (including phenoxy) is 1.